The van der Waals surface area contributed by atoms with Crippen molar-refractivity contribution in [2.24, 2.45) is 4.99 Å². The van der Waals surface area contributed by atoms with E-state index in [0.717, 1.165) is 5.56 Å². The van der Waals surface area contributed by atoms with E-state index in [2.05, 4.69) is 4.99 Å². The maximum Gasteiger partial charge on any atom is 0.341 e. The van der Waals surface area contributed by atoms with Crippen molar-refractivity contribution in [1.29, 1.82) is 0 Å². The number of anilines is 1. The summed E-state index contributed by atoms with van der Waals surface area (Å²) in [6.45, 7) is 3.97. The lowest BCUT2D eigenvalue weighted by atomic mass is 10.0. The lowest BCUT2D eigenvalue weighted by Crippen LogP contribution is -2.27. The second-order valence-corrected chi connectivity index (χ2v) is 7.31. The number of pyridine rings is 1. The van der Waals surface area contributed by atoms with Crippen LogP contribution in [-0.2, 0) is 0 Å². The Bertz CT molecular complexity index is 1280. The van der Waals surface area contributed by atoms with Crippen molar-refractivity contribution < 1.29 is 23.8 Å². The van der Waals surface area contributed by atoms with Crippen molar-refractivity contribution in [2.75, 3.05) is 18.9 Å². The maximum absolute atomic E-state index is 15.1. The summed E-state index contributed by atoms with van der Waals surface area (Å²) in [4.78, 5) is 28.3. The van der Waals surface area contributed by atoms with Crippen LogP contribution in [0.1, 0.15) is 28.9 Å². The highest BCUT2D eigenvalue weighted by Gasteiger charge is 2.30. The van der Waals surface area contributed by atoms with Gasteiger partial charge in [0.1, 0.15) is 30.2 Å². The molecule has 160 valence electrons. The van der Waals surface area contributed by atoms with Crippen LogP contribution in [0.5, 0.6) is 11.5 Å². The third kappa shape index (κ3) is 3.48. The number of aliphatic imine (C=N–C) groups is 1. The molecule has 1 atom stereocenters. The van der Waals surface area contributed by atoms with Crippen molar-refractivity contribution in [1.82, 2.24) is 4.57 Å². The standard InChI is InChI=1S/C22H20FN3O5/c1-11-3-5-13(6-4-11)30-8-7-25-18-16(23)17(24)15-19-21(18)31-10-12(2)26(19)9-14(20(15)27)22(28)29/h3-7,9,12H,8,10,24H2,1-2H3,(H,28,29). The molecule has 9 heteroatoms. The van der Waals surface area contributed by atoms with Crippen LogP contribution in [-0.4, -0.2) is 35.1 Å². The quantitative estimate of drug-likeness (QED) is 0.478. The molecule has 1 unspecified atom stereocenters. The van der Waals surface area contributed by atoms with E-state index in [9.17, 15) is 14.7 Å². The number of aromatic nitrogens is 1. The Morgan fingerprint density at radius 1 is 1.42 bits per heavy atom. The minimum atomic E-state index is -1.41. The molecule has 1 aromatic heterocycles. The number of aromatic carboxylic acids is 1. The van der Waals surface area contributed by atoms with Crippen LogP contribution >= 0.6 is 0 Å². The molecule has 31 heavy (non-hydrogen) atoms. The molecular formula is C22H20FN3O5. The van der Waals surface area contributed by atoms with Crippen LogP contribution in [0.2, 0.25) is 0 Å². The van der Waals surface area contributed by atoms with E-state index in [-0.39, 0.29) is 41.6 Å². The van der Waals surface area contributed by atoms with Crippen LogP contribution in [0.3, 0.4) is 0 Å². The fraction of sp³-hybridized carbons (Fsp3) is 0.227. The van der Waals surface area contributed by atoms with Gasteiger partial charge in [0.15, 0.2) is 11.6 Å². The number of nitrogen functional groups attached to an aromatic ring is 1. The Kier molecular flexibility index (Phi) is 5.10. The lowest BCUT2D eigenvalue weighted by Gasteiger charge is -2.28. The van der Waals surface area contributed by atoms with Crippen molar-refractivity contribution in [3.63, 3.8) is 0 Å². The third-order valence-corrected chi connectivity index (χ3v) is 5.12. The molecule has 0 spiro atoms. The molecule has 0 radical (unpaired) electrons. The molecule has 0 fully saturated rings. The first-order valence-corrected chi connectivity index (χ1v) is 9.57. The molecule has 0 saturated carbocycles. The Morgan fingerprint density at radius 3 is 2.81 bits per heavy atom. The van der Waals surface area contributed by atoms with Gasteiger partial charge in [-0.1, -0.05) is 17.7 Å². The Labute approximate surface area is 176 Å². The highest BCUT2D eigenvalue weighted by Crippen LogP contribution is 2.44. The fourth-order valence-corrected chi connectivity index (χ4v) is 3.50. The number of ether oxygens (including phenoxy) is 2. The van der Waals surface area contributed by atoms with Gasteiger partial charge in [0.05, 0.1) is 22.6 Å². The van der Waals surface area contributed by atoms with E-state index in [4.69, 9.17) is 15.2 Å². The lowest BCUT2D eigenvalue weighted by molar-refractivity contribution is 0.0694. The molecule has 4 rings (SSSR count). The summed E-state index contributed by atoms with van der Waals surface area (Å²) in [5, 5.41) is 9.14. The zero-order valence-electron chi connectivity index (χ0n) is 16.9. The van der Waals surface area contributed by atoms with Crippen molar-refractivity contribution >= 4 is 34.5 Å². The van der Waals surface area contributed by atoms with Gasteiger partial charge in [0, 0.05) is 12.4 Å². The second-order valence-electron chi connectivity index (χ2n) is 7.31. The zero-order valence-corrected chi connectivity index (χ0v) is 16.9. The number of benzene rings is 2. The minimum Gasteiger partial charge on any atom is -0.488 e. The SMILES string of the molecule is Cc1ccc(OCC=Nc2c(F)c(N)c3c(=O)c(C(=O)O)cn4c3c2OCC4C)cc1. The van der Waals surface area contributed by atoms with Gasteiger partial charge >= 0.3 is 5.97 Å². The molecule has 2 heterocycles. The van der Waals surface area contributed by atoms with Gasteiger partial charge in [-0.3, -0.25) is 9.79 Å². The third-order valence-electron chi connectivity index (χ3n) is 5.12. The fourth-order valence-electron chi connectivity index (χ4n) is 3.50. The highest BCUT2D eigenvalue weighted by molar-refractivity contribution is 6.03. The summed E-state index contributed by atoms with van der Waals surface area (Å²) in [5.41, 5.74) is 5.25. The number of rotatable bonds is 5. The molecule has 1 aliphatic heterocycles. The Hall–Kier alpha value is -3.88. The highest BCUT2D eigenvalue weighted by atomic mass is 19.1. The summed E-state index contributed by atoms with van der Waals surface area (Å²) < 4.78 is 27.9. The largest absolute Gasteiger partial charge is 0.488 e. The summed E-state index contributed by atoms with van der Waals surface area (Å²) in [6, 6.07) is 7.13. The Morgan fingerprint density at radius 2 is 2.13 bits per heavy atom. The molecule has 0 bridgehead atoms. The minimum absolute atomic E-state index is 0.0421. The number of hydrogen-bond acceptors (Lipinski definition) is 6. The van der Waals surface area contributed by atoms with Gasteiger partial charge < -0.3 is 24.9 Å². The van der Waals surface area contributed by atoms with Crippen LogP contribution in [0.25, 0.3) is 10.9 Å². The molecule has 0 aliphatic carbocycles. The normalized spacial score (nSPS) is 15.3. The average Bonchev–Trinajstić information content (AvgIpc) is 2.74. The topological polar surface area (TPSA) is 116 Å². The second kappa shape index (κ2) is 7.75. The van der Waals surface area contributed by atoms with E-state index < -0.39 is 28.5 Å². The zero-order chi connectivity index (χ0) is 22.3. The van der Waals surface area contributed by atoms with E-state index in [1.807, 2.05) is 31.2 Å². The van der Waals surface area contributed by atoms with Crippen LogP contribution < -0.4 is 20.6 Å². The number of carboxylic acids is 1. The van der Waals surface area contributed by atoms with Crippen molar-refractivity contribution in [3.05, 3.63) is 57.6 Å². The van der Waals surface area contributed by atoms with Gasteiger partial charge in [0.2, 0.25) is 5.43 Å². The average molecular weight is 425 g/mol. The summed E-state index contributed by atoms with van der Waals surface area (Å²) >= 11 is 0. The summed E-state index contributed by atoms with van der Waals surface area (Å²) in [6.07, 6.45) is 2.60. The van der Waals surface area contributed by atoms with E-state index in [1.54, 1.807) is 11.5 Å². The first-order valence-electron chi connectivity index (χ1n) is 9.57. The predicted molar refractivity (Wildman–Crippen MR) is 115 cm³/mol. The van der Waals surface area contributed by atoms with Gasteiger partial charge in [-0.2, -0.15) is 0 Å². The smallest absolute Gasteiger partial charge is 0.341 e. The molecule has 3 N–H and O–H groups in total. The molecule has 8 nitrogen and oxygen atoms in total. The Balaban J connectivity index is 1.79. The van der Waals surface area contributed by atoms with Gasteiger partial charge in [-0.05, 0) is 26.0 Å². The van der Waals surface area contributed by atoms with E-state index in [0.29, 0.717) is 5.75 Å². The maximum atomic E-state index is 15.1. The van der Waals surface area contributed by atoms with Crippen LogP contribution in [0.4, 0.5) is 15.8 Å². The molecule has 3 aromatic rings. The van der Waals surface area contributed by atoms with E-state index >= 15 is 4.39 Å². The number of nitrogens with two attached hydrogens (primary N) is 1. The first kappa shape index (κ1) is 20.4. The first-order chi connectivity index (χ1) is 14.8. The molecule has 0 amide bonds. The predicted octanol–water partition coefficient (Wildman–Crippen LogP) is 3.46. The molecule has 1 aliphatic rings. The number of hydrogen-bond donors (Lipinski definition) is 2. The van der Waals surface area contributed by atoms with Crippen LogP contribution in [0.15, 0.2) is 40.2 Å². The number of carboxylic acid groups (broad SMARTS) is 1. The van der Waals surface area contributed by atoms with Gasteiger partial charge in [-0.15, -0.1) is 0 Å². The van der Waals surface area contributed by atoms with Crippen molar-refractivity contribution in [2.45, 2.75) is 19.9 Å². The summed E-state index contributed by atoms with van der Waals surface area (Å²) in [7, 11) is 0. The van der Waals surface area contributed by atoms with E-state index in [1.165, 1.54) is 12.4 Å². The number of carbonyl (C=O) groups is 1. The number of aryl methyl sites for hydroxylation is 1. The van der Waals surface area contributed by atoms with Gasteiger partial charge in [-0.25, -0.2) is 9.18 Å². The van der Waals surface area contributed by atoms with Crippen molar-refractivity contribution in [3.8, 4) is 11.5 Å². The molecular weight excluding hydrogens is 405 g/mol. The van der Waals surface area contributed by atoms with Gasteiger partial charge in [0.25, 0.3) is 0 Å². The summed E-state index contributed by atoms with van der Waals surface area (Å²) in [5.74, 6) is -1.68. The number of halogens is 1. The number of nitrogens with zero attached hydrogens (tertiary/aromatic N) is 2. The molecule has 0 saturated heterocycles. The molecule has 2 aromatic carbocycles. The monoisotopic (exact) mass is 425 g/mol. The van der Waals surface area contributed by atoms with Crippen LogP contribution in [0, 0.1) is 12.7 Å².